The molecule has 2 fully saturated rings. The Labute approximate surface area is 136 Å². The summed E-state index contributed by atoms with van der Waals surface area (Å²) >= 11 is 0. The third-order valence-corrected chi connectivity index (χ3v) is 6.08. The Hall–Kier alpha value is -0.860. The quantitative estimate of drug-likeness (QED) is 0.778. The molecule has 0 radical (unpaired) electrons. The number of nitrogens with zero attached hydrogens (tertiary/aromatic N) is 2. The van der Waals surface area contributed by atoms with E-state index in [1.807, 2.05) is 0 Å². The minimum Gasteiger partial charge on any atom is -0.303 e. The maximum atomic E-state index is 2.63. The summed E-state index contributed by atoms with van der Waals surface area (Å²) in [7, 11) is 2.33. The third-order valence-electron chi connectivity index (χ3n) is 6.08. The zero-order valence-electron chi connectivity index (χ0n) is 14.4. The summed E-state index contributed by atoms with van der Waals surface area (Å²) in [5.74, 6) is 0. The minimum absolute atomic E-state index is 0.561. The Kier molecular flexibility index (Phi) is 5.20. The summed E-state index contributed by atoms with van der Waals surface area (Å²) < 4.78 is 0. The monoisotopic (exact) mass is 300 g/mol. The van der Waals surface area contributed by atoms with Crippen molar-refractivity contribution in [1.29, 1.82) is 0 Å². The lowest BCUT2D eigenvalue weighted by Crippen LogP contribution is -2.42. The highest BCUT2D eigenvalue weighted by Crippen LogP contribution is 2.35. The van der Waals surface area contributed by atoms with Crippen LogP contribution >= 0.6 is 0 Å². The van der Waals surface area contributed by atoms with Gasteiger partial charge in [-0.15, -0.1) is 0 Å². The molecule has 1 saturated carbocycles. The van der Waals surface area contributed by atoms with E-state index in [-0.39, 0.29) is 0 Å². The Balaban J connectivity index is 1.41. The number of hydrogen-bond donors (Lipinski definition) is 0. The molecule has 1 aliphatic heterocycles. The average molecular weight is 300 g/mol. The zero-order valence-corrected chi connectivity index (χ0v) is 14.4. The second-order valence-corrected chi connectivity index (χ2v) is 7.89. The van der Waals surface area contributed by atoms with Crippen LogP contribution in [0.5, 0.6) is 0 Å². The van der Waals surface area contributed by atoms with Crippen molar-refractivity contribution >= 4 is 0 Å². The molecule has 1 aromatic rings. The molecule has 1 aliphatic carbocycles. The van der Waals surface area contributed by atoms with E-state index in [9.17, 15) is 0 Å². The number of hydrogen-bond acceptors (Lipinski definition) is 2. The van der Waals surface area contributed by atoms with Gasteiger partial charge >= 0.3 is 0 Å². The Morgan fingerprint density at radius 3 is 2.41 bits per heavy atom. The average Bonchev–Trinajstić information content (AvgIpc) is 2.47. The van der Waals surface area contributed by atoms with E-state index in [0.29, 0.717) is 5.41 Å². The molecule has 0 unspecified atom stereocenters. The Morgan fingerprint density at radius 2 is 1.82 bits per heavy atom. The molecule has 1 saturated heterocycles. The first-order valence-corrected chi connectivity index (χ1v) is 9.11. The SMILES string of the molecule is CN(CCC1(C)CCN(Cc2ccccc2)CC1)C1CCC1. The number of benzene rings is 1. The maximum absolute atomic E-state index is 2.63. The van der Waals surface area contributed by atoms with Crippen LogP contribution in [0.15, 0.2) is 30.3 Å². The van der Waals surface area contributed by atoms with Crippen LogP contribution in [0, 0.1) is 5.41 Å². The maximum Gasteiger partial charge on any atom is 0.0233 e. The molecule has 0 amide bonds. The first kappa shape index (κ1) is 16.0. The van der Waals surface area contributed by atoms with Gasteiger partial charge < -0.3 is 4.90 Å². The van der Waals surface area contributed by atoms with Gasteiger partial charge in [0.25, 0.3) is 0 Å². The first-order chi connectivity index (χ1) is 10.6. The smallest absolute Gasteiger partial charge is 0.0233 e. The van der Waals surface area contributed by atoms with Crippen molar-refractivity contribution < 1.29 is 0 Å². The van der Waals surface area contributed by atoms with Gasteiger partial charge in [-0.3, -0.25) is 4.90 Å². The van der Waals surface area contributed by atoms with E-state index >= 15 is 0 Å². The lowest BCUT2D eigenvalue weighted by atomic mass is 9.77. The van der Waals surface area contributed by atoms with Crippen LogP contribution < -0.4 is 0 Å². The van der Waals surface area contributed by atoms with Crippen LogP contribution in [0.3, 0.4) is 0 Å². The van der Waals surface area contributed by atoms with Gasteiger partial charge in [0, 0.05) is 12.6 Å². The molecule has 0 atom stereocenters. The molecule has 122 valence electrons. The van der Waals surface area contributed by atoms with E-state index in [1.165, 1.54) is 63.7 Å². The Morgan fingerprint density at radius 1 is 1.14 bits per heavy atom. The van der Waals surface area contributed by atoms with Crippen molar-refractivity contribution in [1.82, 2.24) is 9.80 Å². The van der Waals surface area contributed by atoms with E-state index < -0.39 is 0 Å². The molecule has 2 heteroatoms. The third kappa shape index (κ3) is 4.11. The molecule has 3 rings (SSSR count). The van der Waals surface area contributed by atoms with E-state index in [1.54, 1.807) is 0 Å². The summed E-state index contributed by atoms with van der Waals surface area (Å²) in [5.41, 5.74) is 2.02. The number of rotatable bonds is 6. The molecule has 0 aromatic heterocycles. The molecule has 22 heavy (non-hydrogen) atoms. The van der Waals surface area contributed by atoms with Crippen LogP contribution in [0.4, 0.5) is 0 Å². The highest BCUT2D eigenvalue weighted by Gasteiger charge is 2.31. The van der Waals surface area contributed by atoms with E-state index in [4.69, 9.17) is 0 Å². The molecule has 2 nitrogen and oxygen atoms in total. The fourth-order valence-corrected chi connectivity index (χ4v) is 3.80. The standard InChI is InChI=1S/C20H32N2/c1-20(11-14-21(2)19-9-6-10-19)12-15-22(16-13-20)17-18-7-4-3-5-8-18/h3-5,7-8,19H,6,9-17H2,1-2H3. The van der Waals surface area contributed by atoms with Gasteiger partial charge in [-0.2, -0.15) is 0 Å². The number of likely N-dealkylation sites (tertiary alicyclic amines) is 1. The van der Waals surface area contributed by atoms with Gasteiger partial charge in [0.1, 0.15) is 0 Å². The van der Waals surface area contributed by atoms with Crippen molar-refractivity contribution in [2.75, 3.05) is 26.7 Å². The van der Waals surface area contributed by atoms with Gasteiger partial charge in [-0.05, 0) is 69.8 Å². The molecule has 2 aliphatic rings. The van der Waals surface area contributed by atoms with Crippen LogP contribution in [-0.4, -0.2) is 42.5 Å². The lowest BCUT2D eigenvalue weighted by molar-refractivity contribution is 0.0796. The van der Waals surface area contributed by atoms with Crippen molar-refractivity contribution in [3.05, 3.63) is 35.9 Å². The fraction of sp³-hybridized carbons (Fsp3) is 0.700. The highest BCUT2D eigenvalue weighted by atomic mass is 15.1. The second-order valence-electron chi connectivity index (χ2n) is 7.89. The minimum atomic E-state index is 0.561. The van der Waals surface area contributed by atoms with Crippen LogP contribution in [0.2, 0.25) is 0 Å². The predicted molar refractivity (Wildman–Crippen MR) is 93.9 cm³/mol. The summed E-state index contributed by atoms with van der Waals surface area (Å²) in [6, 6.07) is 11.8. The van der Waals surface area contributed by atoms with Crippen molar-refractivity contribution in [2.45, 2.75) is 58.0 Å². The predicted octanol–water partition coefficient (Wildman–Crippen LogP) is 4.16. The highest BCUT2D eigenvalue weighted by molar-refractivity contribution is 5.14. The van der Waals surface area contributed by atoms with Gasteiger partial charge in [-0.25, -0.2) is 0 Å². The van der Waals surface area contributed by atoms with Crippen molar-refractivity contribution in [2.24, 2.45) is 5.41 Å². The lowest BCUT2D eigenvalue weighted by Gasteiger charge is -2.42. The molecule has 1 aromatic carbocycles. The first-order valence-electron chi connectivity index (χ1n) is 9.11. The zero-order chi connectivity index (χ0) is 15.4. The topological polar surface area (TPSA) is 6.48 Å². The molecule has 0 N–H and O–H groups in total. The van der Waals surface area contributed by atoms with Crippen LogP contribution in [-0.2, 0) is 6.54 Å². The van der Waals surface area contributed by atoms with E-state index in [2.05, 4.69) is 54.1 Å². The van der Waals surface area contributed by atoms with Crippen molar-refractivity contribution in [3.8, 4) is 0 Å². The van der Waals surface area contributed by atoms with E-state index in [0.717, 1.165) is 12.6 Å². The molecule has 0 spiro atoms. The largest absolute Gasteiger partial charge is 0.303 e. The molecule has 1 heterocycles. The summed E-state index contributed by atoms with van der Waals surface area (Å²) in [6.45, 7) is 7.46. The van der Waals surface area contributed by atoms with Crippen LogP contribution in [0.25, 0.3) is 0 Å². The van der Waals surface area contributed by atoms with Crippen LogP contribution in [0.1, 0.15) is 51.0 Å². The van der Waals surface area contributed by atoms with Gasteiger partial charge in [0.15, 0.2) is 0 Å². The molecule has 0 bridgehead atoms. The summed E-state index contributed by atoms with van der Waals surface area (Å²) in [5, 5.41) is 0. The summed E-state index contributed by atoms with van der Waals surface area (Å²) in [4.78, 5) is 5.25. The second kappa shape index (κ2) is 7.14. The molecular formula is C20H32N2. The summed E-state index contributed by atoms with van der Waals surface area (Å²) in [6.07, 6.45) is 8.40. The Bertz CT molecular complexity index is 444. The van der Waals surface area contributed by atoms with Gasteiger partial charge in [0.2, 0.25) is 0 Å². The normalized spacial score (nSPS) is 22.7. The fourth-order valence-electron chi connectivity index (χ4n) is 3.80. The molecular weight excluding hydrogens is 268 g/mol. The number of piperidine rings is 1. The van der Waals surface area contributed by atoms with Gasteiger partial charge in [-0.1, -0.05) is 43.7 Å². The van der Waals surface area contributed by atoms with Gasteiger partial charge in [0.05, 0.1) is 0 Å². The van der Waals surface area contributed by atoms with Crippen molar-refractivity contribution in [3.63, 3.8) is 0 Å².